The molecule has 3 heterocycles. The van der Waals surface area contributed by atoms with Crippen LogP contribution < -0.4 is 19.7 Å². The molecule has 46 heavy (non-hydrogen) atoms. The maximum Gasteiger partial charge on any atom is 0.338 e. The van der Waals surface area contributed by atoms with Crippen LogP contribution in [0.25, 0.3) is 5.69 Å². The molecule has 0 amide bonds. The Kier molecular flexibility index (Phi) is 7.45. The van der Waals surface area contributed by atoms with Crippen molar-refractivity contribution < 1.29 is 19.0 Å². The van der Waals surface area contributed by atoms with Crippen LogP contribution in [0.4, 0.5) is 22.9 Å². The zero-order valence-corrected chi connectivity index (χ0v) is 25.9. The summed E-state index contributed by atoms with van der Waals surface area (Å²) in [6.07, 6.45) is 0. The number of aliphatic imine (C=N–C) groups is 2. The van der Waals surface area contributed by atoms with Gasteiger partial charge in [0.15, 0.2) is 29.0 Å². The highest BCUT2D eigenvalue weighted by Gasteiger charge is 2.41. The minimum Gasteiger partial charge on any atom is -0.493 e. The van der Waals surface area contributed by atoms with Crippen molar-refractivity contribution in [1.82, 2.24) is 9.78 Å². The fraction of sp³-hybridized carbons (Fsp3) is 0.167. The molecule has 0 radical (unpaired) electrons. The normalized spacial score (nSPS) is 14.7. The molecule has 2 aliphatic heterocycles. The average Bonchev–Trinajstić information content (AvgIpc) is 3.43. The summed E-state index contributed by atoms with van der Waals surface area (Å²) in [6.45, 7) is 4.11. The van der Waals surface area contributed by atoms with E-state index in [9.17, 15) is 4.79 Å². The van der Waals surface area contributed by atoms with Crippen LogP contribution in [0.2, 0.25) is 0 Å². The topological polar surface area (TPSA) is 103 Å². The fourth-order valence-electron chi connectivity index (χ4n) is 5.93. The van der Waals surface area contributed by atoms with Crippen LogP contribution in [0.5, 0.6) is 11.5 Å². The molecular formula is C36H32N6O4. The van der Waals surface area contributed by atoms with Crippen molar-refractivity contribution in [3.8, 4) is 17.2 Å². The third-order valence-corrected chi connectivity index (χ3v) is 8.02. The Morgan fingerprint density at radius 3 is 2.35 bits per heavy atom. The van der Waals surface area contributed by atoms with Crippen LogP contribution in [0.1, 0.15) is 40.1 Å². The van der Waals surface area contributed by atoms with Gasteiger partial charge in [-0.2, -0.15) is 5.10 Å². The SMILES string of the molecule is CCOC(=O)c1ccc(NC2=Nc3ccccc3N3C2=Nc2c(c(C)nn2-c2ccccc2)[C@@H]3c2ccc(OC)c(OC)c2)cc1. The van der Waals surface area contributed by atoms with Gasteiger partial charge in [0.2, 0.25) is 0 Å². The summed E-state index contributed by atoms with van der Waals surface area (Å²) < 4.78 is 18.4. The molecule has 0 spiro atoms. The predicted molar refractivity (Wildman–Crippen MR) is 179 cm³/mol. The van der Waals surface area contributed by atoms with Gasteiger partial charge in [-0.1, -0.05) is 36.4 Å². The number of carbonyl (C=O) groups is 1. The molecule has 4 aromatic carbocycles. The van der Waals surface area contributed by atoms with Gasteiger partial charge in [-0.05, 0) is 80.1 Å². The van der Waals surface area contributed by atoms with Gasteiger partial charge >= 0.3 is 5.97 Å². The van der Waals surface area contributed by atoms with E-state index in [0.717, 1.165) is 39.6 Å². The number of methoxy groups -OCH3 is 2. The molecule has 0 fully saturated rings. The maximum absolute atomic E-state index is 12.3. The molecule has 0 bridgehead atoms. The van der Waals surface area contributed by atoms with Crippen molar-refractivity contribution in [3.05, 3.63) is 119 Å². The Bertz CT molecular complexity index is 2000. The number of para-hydroxylation sites is 3. The third kappa shape index (κ3) is 4.93. The van der Waals surface area contributed by atoms with E-state index in [1.807, 2.05) is 90.5 Å². The zero-order chi connectivity index (χ0) is 31.8. The van der Waals surface area contributed by atoms with E-state index in [-0.39, 0.29) is 12.0 Å². The van der Waals surface area contributed by atoms with Crippen LogP contribution in [-0.4, -0.2) is 48.2 Å². The van der Waals surface area contributed by atoms with Gasteiger partial charge in [-0.3, -0.25) is 0 Å². The van der Waals surface area contributed by atoms with E-state index in [1.165, 1.54) is 0 Å². The first kappa shape index (κ1) is 28.8. The smallest absolute Gasteiger partial charge is 0.338 e. The average molecular weight is 613 g/mol. The van der Waals surface area contributed by atoms with Crippen molar-refractivity contribution in [1.29, 1.82) is 0 Å². The number of amidine groups is 2. The summed E-state index contributed by atoms with van der Waals surface area (Å²) in [7, 11) is 3.27. The van der Waals surface area contributed by atoms with Gasteiger partial charge in [-0.15, -0.1) is 0 Å². The van der Waals surface area contributed by atoms with Gasteiger partial charge in [0.1, 0.15) is 0 Å². The van der Waals surface area contributed by atoms with Crippen LogP contribution >= 0.6 is 0 Å². The summed E-state index contributed by atoms with van der Waals surface area (Å²) in [5, 5.41) is 8.48. The molecule has 0 saturated carbocycles. The lowest BCUT2D eigenvalue weighted by molar-refractivity contribution is 0.0526. The van der Waals surface area contributed by atoms with Crippen LogP contribution in [-0.2, 0) is 4.74 Å². The van der Waals surface area contributed by atoms with E-state index in [2.05, 4.69) is 16.3 Å². The molecule has 0 saturated heterocycles. The second-order valence-electron chi connectivity index (χ2n) is 10.8. The number of nitrogens with zero attached hydrogens (tertiary/aromatic N) is 5. The van der Waals surface area contributed by atoms with Gasteiger partial charge < -0.3 is 24.4 Å². The van der Waals surface area contributed by atoms with Crippen molar-refractivity contribution in [3.63, 3.8) is 0 Å². The number of ether oxygens (including phenoxy) is 3. The minimum atomic E-state index is -0.365. The number of esters is 1. The van der Waals surface area contributed by atoms with E-state index < -0.39 is 0 Å². The minimum absolute atomic E-state index is 0.312. The lowest BCUT2D eigenvalue weighted by Gasteiger charge is -2.40. The molecule has 7 rings (SSSR count). The van der Waals surface area contributed by atoms with Crippen molar-refractivity contribution >= 4 is 40.5 Å². The number of aryl methyl sites for hydroxylation is 1. The Hall–Kier alpha value is -5.90. The molecule has 0 unspecified atom stereocenters. The largest absolute Gasteiger partial charge is 0.493 e. The first-order chi connectivity index (χ1) is 22.5. The van der Waals surface area contributed by atoms with Gasteiger partial charge in [-0.25, -0.2) is 19.5 Å². The summed E-state index contributed by atoms with van der Waals surface area (Å²) in [6, 6.07) is 30.7. The Morgan fingerprint density at radius 2 is 1.61 bits per heavy atom. The molecule has 1 aromatic heterocycles. The second kappa shape index (κ2) is 11.9. The molecule has 230 valence electrons. The molecule has 10 heteroatoms. The first-order valence-corrected chi connectivity index (χ1v) is 15.0. The number of rotatable bonds is 7. The first-order valence-electron chi connectivity index (χ1n) is 15.0. The predicted octanol–water partition coefficient (Wildman–Crippen LogP) is 7.17. The van der Waals surface area contributed by atoms with E-state index in [1.54, 1.807) is 33.3 Å². The molecule has 5 aromatic rings. The number of benzene rings is 4. The number of fused-ring (bicyclic) bond motifs is 4. The van der Waals surface area contributed by atoms with Gasteiger partial charge in [0, 0.05) is 11.3 Å². The number of hydrogen-bond acceptors (Lipinski definition) is 9. The summed E-state index contributed by atoms with van der Waals surface area (Å²) >= 11 is 0. The molecule has 10 nitrogen and oxygen atoms in total. The summed E-state index contributed by atoms with van der Waals surface area (Å²) in [5.41, 5.74) is 6.59. The molecule has 0 aliphatic carbocycles. The zero-order valence-electron chi connectivity index (χ0n) is 25.9. The molecular weight excluding hydrogens is 580 g/mol. The van der Waals surface area contributed by atoms with Gasteiger partial charge in [0.05, 0.1) is 55.2 Å². The Balaban J connectivity index is 1.43. The highest BCUT2D eigenvalue weighted by molar-refractivity contribution is 6.51. The highest BCUT2D eigenvalue weighted by atomic mass is 16.5. The van der Waals surface area contributed by atoms with Crippen LogP contribution in [0, 0.1) is 6.92 Å². The second-order valence-corrected chi connectivity index (χ2v) is 10.8. The highest BCUT2D eigenvalue weighted by Crippen LogP contribution is 2.49. The number of hydrogen-bond donors (Lipinski definition) is 1. The molecule has 1 atom stereocenters. The number of aromatic nitrogens is 2. The maximum atomic E-state index is 12.3. The summed E-state index contributed by atoms with van der Waals surface area (Å²) in [4.78, 5) is 24.8. The number of nitrogens with one attached hydrogen (secondary N) is 1. The van der Waals surface area contributed by atoms with Crippen molar-refractivity contribution in [2.45, 2.75) is 19.9 Å². The molecule has 2 aliphatic rings. The lowest BCUT2D eigenvalue weighted by atomic mass is 9.93. The Morgan fingerprint density at radius 1 is 0.870 bits per heavy atom. The Labute approximate surface area is 266 Å². The standard InChI is InChI=1S/C36H32N6O4/c1-5-46-36(43)23-15-18-25(19-16-23)37-33-35-39-34-31(22(2)40-42(34)26-11-7-6-8-12-26)32(24-17-20-29(44-3)30(21-24)45-4)41(35)28-14-10-9-13-27(28)38-33/h6-21,32H,5H2,1-4H3,(H,37,38)/t32-/m0/s1. The van der Waals surface area contributed by atoms with Crippen molar-refractivity contribution in [2.24, 2.45) is 9.98 Å². The molecule has 1 N–H and O–H groups in total. The van der Waals surface area contributed by atoms with Crippen LogP contribution in [0.3, 0.4) is 0 Å². The number of carbonyl (C=O) groups excluding carboxylic acids is 1. The van der Waals surface area contributed by atoms with E-state index in [0.29, 0.717) is 41.2 Å². The van der Waals surface area contributed by atoms with E-state index in [4.69, 9.17) is 29.3 Å². The quantitative estimate of drug-likeness (QED) is 0.194. The fourth-order valence-corrected chi connectivity index (χ4v) is 5.93. The van der Waals surface area contributed by atoms with Crippen LogP contribution in [0.15, 0.2) is 107 Å². The van der Waals surface area contributed by atoms with Gasteiger partial charge in [0.25, 0.3) is 0 Å². The summed E-state index contributed by atoms with van der Waals surface area (Å²) in [5.74, 6) is 2.78. The number of anilines is 2. The third-order valence-electron chi connectivity index (χ3n) is 8.02. The van der Waals surface area contributed by atoms with Crippen molar-refractivity contribution in [2.75, 3.05) is 31.0 Å². The monoisotopic (exact) mass is 612 g/mol. The lowest BCUT2D eigenvalue weighted by Crippen LogP contribution is -2.46. The van der Waals surface area contributed by atoms with E-state index >= 15 is 0 Å².